The lowest BCUT2D eigenvalue weighted by Gasteiger charge is -2.36. The average Bonchev–Trinajstić information content (AvgIpc) is 2.39. The Hall–Kier alpha value is -0.570. The zero-order valence-corrected chi connectivity index (χ0v) is 12.4. The largest absolute Gasteiger partial charge is 0.353 e. The number of hydrogen-bond acceptors (Lipinski definition) is 2. The Balaban J connectivity index is 1.82. The molecule has 2 aliphatic rings. The van der Waals surface area contributed by atoms with E-state index in [0.29, 0.717) is 19.0 Å². The Morgan fingerprint density at radius 1 is 1.21 bits per heavy atom. The highest BCUT2D eigenvalue weighted by Gasteiger charge is 2.33. The Labute approximate surface area is 117 Å². The maximum Gasteiger partial charge on any atom is 0.220 e. The summed E-state index contributed by atoms with van der Waals surface area (Å²) in [5.41, 5.74) is 6.06. The van der Waals surface area contributed by atoms with Crippen molar-refractivity contribution in [3.63, 3.8) is 0 Å². The second-order valence-corrected chi connectivity index (χ2v) is 6.98. The summed E-state index contributed by atoms with van der Waals surface area (Å²) in [4.78, 5) is 12.3. The first-order valence-electron chi connectivity index (χ1n) is 8.13. The van der Waals surface area contributed by atoms with Gasteiger partial charge in [-0.05, 0) is 43.6 Å². The minimum Gasteiger partial charge on any atom is -0.353 e. The summed E-state index contributed by atoms with van der Waals surface area (Å²) in [5, 5.41) is 3.26. The topological polar surface area (TPSA) is 55.1 Å². The van der Waals surface area contributed by atoms with Crippen LogP contribution in [0.5, 0.6) is 0 Å². The monoisotopic (exact) mass is 266 g/mol. The highest BCUT2D eigenvalue weighted by atomic mass is 16.1. The molecule has 3 nitrogen and oxygen atoms in total. The predicted octanol–water partition coefficient (Wildman–Crippen LogP) is 2.98. The van der Waals surface area contributed by atoms with Gasteiger partial charge in [0.25, 0.3) is 0 Å². The summed E-state index contributed by atoms with van der Waals surface area (Å²) in [5.74, 6) is 1.00. The van der Waals surface area contributed by atoms with Crippen LogP contribution in [-0.4, -0.2) is 18.5 Å². The van der Waals surface area contributed by atoms with Crippen LogP contribution in [0.2, 0.25) is 0 Å². The van der Waals surface area contributed by atoms with Crippen molar-refractivity contribution in [1.82, 2.24) is 5.32 Å². The molecule has 0 saturated heterocycles. The molecule has 2 fully saturated rings. The molecule has 2 saturated carbocycles. The molecule has 2 aliphatic carbocycles. The number of nitrogens with one attached hydrogen (secondary N) is 1. The van der Waals surface area contributed by atoms with Crippen molar-refractivity contribution in [1.29, 1.82) is 0 Å². The first kappa shape index (κ1) is 14.8. The van der Waals surface area contributed by atoms with Gasteiger partial charge >= 0.3 is 0 Å². The molecule has 3 N–H and O–H groups in total. The highest BCUT2D eigenvalue weighted by molar-refractivity contribution is 5.77. The van der Waals surface area contributed by atoms with Crippen LogP contribution in [0.1, 0.15) is 71.1 Å². The van der Waals surface area contributed by atoms with E-state index in [9.17, 15) is 4.79 Å². The Kier molecular flexibility index (Phi) is 5.26. The first-order valence-corrected chi connectivity index (χ1v) is 8.13. The molecule has 0 aromatic rings. The van der Waals surface area contributed by atoms with Crippen LogP contribution in [0, 0.1) is 11.3 Å². The summed E-state index contributed by atoms with van der Waals surface area (Å²) >= 11 is 0. The van der Waals surface area contributed by atoms with Crippen molar-refractivity contribution in [3.05, 3.63) is 0 Å². The van der Waals surface area contributed by atoms with E-state index in [2.05, 4.69) is 12.2 Å². The molecule has 1 amide bonds. The van der Waals surface area contributed by atoms with Crippen molar-refractivity contribution in [2.75, 3.05) is 6.54 Å². The molecular weight excluding hydrogens is 236 g/mol. The van der Waals surface area contributed by atoms with Crippen LogP contribution < -0.4 is 11.1 Å². The maximum atomic E-state index is 12.3. The number of rotatable bonds is 4. The lowest BCUT2D eigenvalue weighted by Crippen LogP contribution is -2.43. The van der Waals surface area contributed by atoms with Crippen LogP contribution in [0.25, 0.3) is 0 Å². The zero-order valence-electron chi connectivity index (χ0n) is 12.4. The number of carbonyl (C=O) groups excluding carboxylic acids is 1. The standard InChI is InChI=1S/C16H30N2O/c1-13-6-5-7-14(10-13)18-15(19)11-16(12-17)8-3-2-4-9-16/h13-14H,2-12,17H2,1H3,(H,18,19). The Bertz CT molecular complexity index is 297. The lowest BCUT2D eigenvalue weighted by atomic mass is 9.71. The Morgan fingerprint density at radius 3 is 2.58 bits per heavy atom. The van der Waals surface area contributed by atoms with Gasteiger partial charge in [0.1, 0.15) is 0 Å². The van der Waals surface area contributed by atoms with Crippen LogP contribution in [0.3, 0.4) is 0 Å². The fourth-order valence-corrected chi connectivity index (χ4v) is 3.94. The fourth-order valence-electron chi connectivity index (χ4n) is 3.94. The molecule has 0 aromatic carbocycles. The third kappa shape index (κ3) is 4.20. The molecule has 0 radical (unpaired) electrons. The van der Waals surface area contributed by atoms with E-state index in [1.54, 1.807) is 0 Å². The molecule has 2 rings (SSSR count). The average molecular weight is 266 g/mol. The molecule has 0 bridgehead atoms. The van der Waals surface area contributed by atoms with Gasteiger partial charge in [0.2, 0.25) is 5.91 Å². The second-order valence-electron chi connectivity index (χ2n) is 6.98. The molecule has 0 spiro atoms. The minimum absolute atomic E-state index is 0.0998. The second kappa shape index (κ2) is 6.74. The molecule has 19 heavy (non-hydrogen) atoms. The van der Waals surface area contributed by atoms with E-state index in [1.165, 1.54) is 32.1 Å². The number of nitrogens with two attached hydrogens (primary N) is 1. The zero-order chi connectivity index (χ0) is 13.7. The number of amides is 1. The van der Waals surface area contributed by atoms with Gasteiger partial charge in [0.15, 0.2) is 0 Å². The van der Waals surface area contributed by atoms with Crippen molar-refractivity contribution in [2.45, 2.75) is 77.2 Å². The fraction of sp³-hybridized carbons (Fsp3) is 0.938. The predicted molar refractivity (Wildman–Crippen MR) is 78.8 cm³/mol. The van der Waals surface area contributed by atoms with Gasteiger partial charge in [-0.15, -0.1) is 0 Å². The molecule has 0 aromatic heterocycles. The normalized spacial score (nSPS) is 30.8. The maximum absolute atomic E-state index is 12.3. The van der Waals surface area contributed by atoms with Gasteiger partial charge < -0.3 is 11.1 Å². The SMILES string of the molecule is CC1CCCC(NC(=O)CC2(CN)CCCCC2)C1. The van der Waals surface area contributed by atoms with Gasteiger partial charge in [-0.25, -0.2) is 0 Å². The van der Waals surface area contributed by atoms with Crippen LogP contribution in [0.15, 0.2) is 0 Å². The quantitative estimate of drug-likeness (QED) is 0.822. The minimum atomic E-state index is 0.0998. The molecule has 110 valence electrons. The summed E-state index contributed by atoms with van der Waals surface area (Å²) < 4.78 is 0. The molecule has 2 atom stereocenters. The molecule has 0 aliphatic heterocycles. The van der Waals surface area contributed by atoms with Crippen molar-refractivity contribution in [3.8, 4) is 0 Å². The van der Waals surface area contributed by atoms with Crippen molar-refractivity contribution >= 4 is 5.91 Å². The molecular formula is C16H30N2O. The van der Waals surface area contributed by atoms with E-state index in [-0.39, 0.29) is 11.3 Å². The van der Waals surface area contributed by atoms with Crippen LogP contribution in [-0.2, 0) is 4.79 Å². The van der Waals surface area contributed by atoms with Gasteiger partial charge in [-0.2, -0.15) is 0 Å². The van der Waals surface area contributed by atoms with Crippen molar-refractivity contribution in [2.24, 2.45) is 17.1 Å². The molecule has 2 unspecified atom stereocenters. The molecule has 3 heteroatoms. The highest BCUT2D eigenvalue weighted by Crippen LogP contribution is 2.38. The third-order valence-electron chi connectivity index (χ3n) is 5.18. The number of hydrogen-bond donors (Lipinski definition) is 2. The lowest BCUT2D eigenvalue weighted by molar-refractivity contribution is -0.124. The van der Waals surface area contributed by atoms with E-state index in [1.807, 2.05) is 0 Å². The smallest absolute Gasteiger partial charge is 0.220 e. The van der Waals surface area contributed by atoms with Gasteiger partial charge in [0, 0.05) is 12.5 Å². The van der Waals surface area contributed by atoms with Crippen molar-refractivity contribution < 1.29 is 4.79 Å². The van der Waals surface area contributed by atoms with Gasteiger partial charge in [-0.3, -0.25) is 4.79 Å². The van der Waals surface area contributed by atoms with Gasteiger partial charge in [-0.1, -0.05) is 39.0 Å². The Morgan fingerprint density at radius 2 is 1.95 bits per heavy atom. The van der Waals surface area contributed by atoms with E-state index in [4.69, 9.17) is 5.73 Å². The van der Waals surface area contributed by atoms with E-state index >= 15 is 0 Å². The van der Waals surface area contributed by atoms with Crippen LogP contribution >= 0.6 is 0 Å². The summed E-state index contributed by atoms with van der Waals surface area (Å²) in [6.07, 6.45) is 11.6. The number of carbonyl (C=O) groups is 1. The van der Waals surface area contributed by atoms with E-state index < -0.39 is 0 Å². The third-order valence-corrected chi connectivity index (χ3v) is 5.18. The van der Waals surface area contributed by atoms with E-state index in [0.717, 1.165) is 31.6 Å². The summed E-state index contributed by atoms with van der Waals surface area (Å²) in [6, 6.07) is 0.412. The summed E-state index contributed by atoms with van der Waals surface area (Å²) in [7, 11) is 0. The van der Waals surface area contributed by atoms with Gasteiger partial charge in [0.05, 0.1) is 0 Å². The first-order chi connectivity index (χ1) is 9.13. The molecule has 0 heterocycles. The summed E-state index contributed by atoms with van der Waals surface area (Å²) in [6.45, 7) is 2.96. The van der Waals surface area contributed by atoms with Crippen LogP contribution in [0.4, 0.5) is 0 Å².